The lowest BCUT2D eigenvalue weighted by atomic mass is 9.89. The van der Waals surface area contributed by atoms with E-state index in [9.17, 15) is 4.79 Å². The summed E-state index contributed by atoms with van der Waals surface area (Å²) in [5, 5.41) is 0. The molecule has 2 nitrogen and oxygen atoms in total. The maximum Gasteiger partial charge on any atom is 0.227 e. The number of nitrogens with zero attached hydrogens (tertiary/aromatic N) is 1. The molecule has 1 fully saturated rings. The van der Waals surface area contributed by atoms with Gasteiger partial charge in [0.2, 0.25) is 5.91 Å². The summed E-state index contributed by atoms with van der Waals surface area (Å²) >= 11 is 0. The first-order valence-electron chi connectivity index (χ1n) is 11.3. The molecule has 2 heteroatoms. The number of hydrogen-bond donors (Lipinski definition) is 0. The van der Waals surface area contributed by atoms with E-state index in [1.54, 1.807) is 0 Å². The Balaban J connectivity index is 1.57. The lowest BCUT2D eigenvalue weighted by Gasteiger charge is -2.28. The van der Waals surface area contributed by atoms with Gasteiger partial charge in [0, 0.05) is 17.5 Å². The topological polar surface area (TPSA) is 20.3 Å². The van der Waals surface area contributed by atoms with Crippen LogP contribution in [-0.2, 0) is 11.3 Å². The molecule has 1 saturated carbocycles. The van der Waals surface area contributed by atoms with E-state index in [0.717, 1.165) is 22.4 Å². The van der Waals surface area contributed by atoms with Gasteiger partial charge in [-0.15, -0.1) is 0 Å². The van der Waals surface area contributed by atoms with E-state index >= 15 is 0 Å². The smallest absolute Gasteiger partial charge is 0.227 e. The van der Waals surface area contributed by atoms with Crippen molar-refractivity contribution in [3.8, 4) is 11.8 Å². The van der Waals surface area contributed by atoms with Gasteiger partial charge in [0.1, 0.15) is 0 Å². The SMILES string of the molecule is O=C(CC1CCCCCCCCC1)N1Cc2ccccc2C#Cc2ccccc21. The molecule has 0 spiro atoms. The van der Waals surface area contributed by atoms with Crippen LogP contribution in [0.4, 0.5) is 5.69 Å². The maximum absolute atomic E-state index is 13.5. The highest BCUT2D eigenvalue weighted by Crippen LogP contribution is 2.29. The zero-order chi connectivity index (χ0) is 19.9. The average Bonchev–Trinajstić information content (AvgIpc) is 2.74. The summed E-state index contributed by atoms with van der Waals surface area (Å²) < 4.78 is 0. The van der Waals surface area contributed by atoms with Gasteiger partial charge in [-0.1, -0.05) is 87.1 Å². The molecule has 0 aromatic heterocycles. The molecular weight excluding hydrogens is 354 g/mol. The Hall–Kier alpha value is -2.53. The second kappa shape index (κ2) is 9.79. The summed E-state index contributed by atoms with van der Waals surface area (Å²) in [7, 11) is 0. The lowest BCUT2D eigenvalue weighted by Crippen LogP contribution is -2.33. The molecule has 0 atom stereocenters. The minimum absolute atomic E-state index is 0.248. The van der Waals surface area contributed by atoms with Gasteiger partial charge >= 0.3 is 0 Å². The third-order valence-electron chi connectivity index (χ3n) is 6.36. The Morgan fingerprint density at radius 1 is 0.793 bits per heavy atom. The fraction of sp³-hybridized carbons (Fsp3) is 0.444. The van der Waals surface area contributed by atoms with E-state index in [1.165, 1.54) is 57.8 Å². The van der Waals surface area contributed by atoms with Crippen molar-refractivity contribution < 1.29 is 4.79 Å². The van der Waals surface area contributed by atoms with Crippen LogP contribution in [0.15, 0.2) is 48.5 Å². The van der Waals surface area contributed by atoms with Crippen LogP contribution >= 0.6 is 0 Å². The van der Waals surface area contributed by atoms with Crippen LogP contribution in [0.25, 0.3) is 0 Å². The van der Waals surface area contributed by atoms with Crippen LogP contribution in [0, 0.1) is 17.8 Å². The Kier molecular flexibility index (Phi) is 6.67. The molecule has 0 saturated heterocycles. The van der Waals surface area contributed by atoms with Crippen molar-refractivity contribution in [1.82, 2.24) is 0 Å². The number of carbonyl (C=O) groups is 1. The van der Waals surface area contributed by atoms with Gasteiger partial charge in [-0.3, -0.25) is 4.79 Å². The minimum atomic E-state index is 0.248. The first-order valence-corrected chi connectivity index (χ1v) is 11.3. The van der Waals surface area contributed by atoms with Gasteiger partial charge in [0.15, 0.2) is 0 Å². The summed E-state index contributed by atoms with van der Waals surface area (Å²) in [6.45, 7) is 0.605. The fourth-order valence-corrected chi connectivity index (χ4v) is 4.66. The number of benzene rings is 2. The predicted octanol–water partition coefficient (Wildman–Crippen LogP) is 6.46. The Bertz CT molecular complexity index is 894. The van der Waals surface area contributed by atoms with Crippen LogP contribution in [0.3, 0.4) is 0 Å². The summed E-state index contributed by atoms with van der Waals surface area (Å²) in [6.07, 6.45) is 12.3. The molecule has 2 aromatic carbocycles. The average molecular weight is 386 g/mol. The molecule has 1 aliphatic heterocycles. The highest BCUT2D eigenvalue weighted by Gasteiger charge is 2.24. The number of amides is 1. The van der Waals surface area contributed by atoms with Crippen LogP contribution in [0.5, 0.6) is 0 Å². The third kappa shape index (κ3) is 5.10. The van der Waals surface area contributed by atoms with E-state index in [1.807, 2.05) is 41.3 Å². The Morgan fingerprint density at radius 3 is 2.14 bits per heavy atom. The number of fused-ring (bicyclic) bond motifs is 2. The van der Waals surface area contributed by atoms with Crippen molar-refractivity contribution in [2.24, 2.45) is 5.92 Å². The Morgan fingerprint density at radius 2 is 1.38 bits per heavy atom. The van der Waals surface area contributed by atoms with Gasteiger partial charge in [0.25, 0.3) is 0 Å². The molecule has 0 N–H and O–H groups in total. The maximum atomic E-state index is 13.5. The predicted molar refractivity (Wildman–Crippen MR) is 120 cm³/mol. The molecule has 0 radical (unpaired) electrons. The molecule has 150 valence electrons. The van der Waals surface area contributed by atoms with Gasteiger partial charge in [0.05, 0.1) is 12.2 Å². The minimum Gasteiger partial charge on any atom is -0.307 e. The molecule has 1 amide bonds. The summed E-state index contributed by atoms with van der Waals surface area (Å²) in [5.41, 5.74) is 4.06. The molecule has 0 bridgehead atoms. The van der Waals surface area contributed by atoms with Crippen molar-refractivity contribution in [2.75, 3.05) is 4.90 Å². The fourth-order valence-electron chi connectivity index (χ4n) is 4.66. The standard InChI is InChI=1S/C27H31NO/c29-27(20-22-12-6-4-2-1-3-5-7-13-22)28-21-25-16-9-8-14-23(25)18-19-24-15-10-11-17-26(24)28/h8-11,14-17,22H,1-7,12-13,20-21H2. The zero-order valence-electron chi connectivity index (χ0n) is 17.3. The molecule has 1 heterocycles. The van der Waals surface area contributed by atoms with Crippen molar-refractivity contribution in [2.45, 2.75) is 70.8 Å². The van der Waals surface area contributed by atoms with Crippen molar-refractivity contribution >= 4 is 11.6 Å². The van der Waals surface area contributed by atoms with Crippen LogP contribution < -0.4 is 4.90 Å². The number of hydrogen-bond acceptors (Lipinski definition) is 1. The van der Waals surface area contributed by atoms with E-state index in [0.29, 0.717) is 18.9 Å². The van der Waals surface area contributed by atoms with Crippen molar-refractivity contribution in [1.29, 1.82) is 0 Å². The molecule has 2 aromatic rings. The van der Waals surface area contributed by atoms with E-state index < -0.39 is 0 Å². The second-order valence-electron chi connectivity index (χ2n) is 8.53. The quantitative estimate of drug-likeness (QED) is 0.543. The van der Waals surface area contributed by atoms with E-state index in [2.05, 4.69) is 24.0 Å². The summed E-state index contributed by atoms with van der Waals surface area (Å²) in [5.74, 6) is 7.36. The van der Waals surface area contributed by atoms with Crippen LogP contribution in [0.1, 0.15) is 80.9 Å². The zero-order valence-corrected chi connectivity index (χ0v) is 17.3. The van der Waals surface area contributed by atoms with Crippen LogP contribution in [-0.4, -0.2) is 5.91 Å². The first-order chi connectivity index (χ1) is 14.3. The van der Waals surface area contributed by atoms with Crippen LogP contribution in [0.2, 0.25) is 0 Å². The first kappa shape index (κ1) is 19.8. The number of rotatable bonds is 2. The van der Waals surface area contributed by atoms with Crippen molar-refractivity contribution in [3.63, 3.8) is 0 Å². The summed E-state index contributed by atoms with van der Waals surface area (Å²) in [6, 6.07) is 16.3. The monoisotopic (exact) mass is 385 g/mol. The van der Waals surface area contributed by atoms with Gasteiger partial charge < -0.3 is 4.90 Å². The van der Waals surface area contributed by atoms with Crippen molar-refractivity contribution in [3.05, 3.63) is 65.2 Å². The number of anilines is 1. The van der Waals surface area contributed by atoms with Gasteiger partial charge in [-0.2, -0.15) is 0 Å². The Labute approximate surface area is 175 Å². The normalized spacial score (nSPS) is 17.7. The van der Waals surface area contributed by atoms with E-state index in [4.69, 9.17) is 0 Å². The molecule has 0 unspecified atom stereocenters. The number of para-hydroxylation sites is 1. The number of carbonyl (C=O) groups excluding carboxylic acids is 1. The second-order valence-corrected chi connectivity index (χ2v) is 8.53. The van der Waals surface area contributed by atoms with E-state index in [-0.39, 0.29) is 5.91 Å². The molecular formula is C27H31NO. The van der Waals surface area contributed by atoms with Gasteiger partial charge in [-0.05, 0) is 42.5 Å². The molecule has 1 aliphatic carbocycles. The third-order valence-corrected chi connectivity index (χ3v) is 6.36. The molecule has 4 rings (SSSR count). The summed E-state index contributed by atoms with van der Waals surface area (Å²) in [4.78, 5) is 15.5. The molecule has 2 aliphatic rings. The largest absolute Gasteiger partial charge is 0.307 e. The van der Waals surface area contributed by atoms with Gasteiger partial charge in [-0.25, -0.2) is 0 Å². The highest BCUT2D eigenvalue weighted by molar-refractivity contribution is 5.95. The lowest BCUT2D eigenvalue weighted by molar-refractivity contribution is -0.119. The molecule has 29 heavy (non-hydrogen) atoms. The highest BCUT2D eigenvalue weighted by atomic mass is 16.2.